The van der Waals surface area contributed by atoms with Crippen LogP contribution in [0.4, 0.5) is 0 Å². The van der Waals surface area contributed by atoms with E-state index in [2.05, 4.69) is 11.1 Å². The molecular weight excluding hydrogens is 330 g/mol. The minimum Gasteiger partial charge on any atom is -0.504 e. The molecule has 0 radical (unpaired) electrons. The Morgan fingerprint density at radius 2 is 1.92 bits per heavy atom. The topological polar surface area (TPSA) is 64.7 Å². The number of phenolic OH excluding ortho intramolecular Hbond substituents is 1. The number of hydrogen-bond donors (Lipinski definition) is 1. The molecule has 5 heteroatoms. The van der Waals surface area contributed by atoms with Gasteiger partial charge in [0.15, 0.2) is 11.5 Å². The Hall–Kier alpha value is -3.21. The SMILES string of the molecule is CCOc1ccc2c(Cc3cc(OC)c4cocc4c3)cncc2c1O. The van der Waals surface area contributed by atoms with E-state index in [1.165, 1.54) is 0 Å². The van der Waals surface area contributed by atoms with Gasteiger partial charge in [0.1, 0.15) is 12.0 Å². The van der Waals surface area contributed by atoms with Crippen LogP contribution in [-0.4, -0.2) is 23.8 Å². The number of furan rings is 1. The van der Waals surface area contributed by atoms with E-state index >= 15 is 0 Å². The van der Waals surface area contributed by atoms with Crippen molar-refractivity contribution in [3.8, 4) is 17.2 Å². The second-order valence-corrected chi connectivity index (χ2v) is 6.09. The lowest BCUT2D eigenvalue weighted by Gasteiger charge is -2.12. The first-order valence-corrected chi connectivity index (χ1v) is 8.45. The van der Waals surface area contributed by atoms with Gasteiger partial charge in [0.2, 0.25) is 0 Å². The molecule has 132 valence electrons. The normalized spacial score (nSPS) is 11.2. The fourth-order valence-electron chi connectivity index (χ4n) is 3.28. The summed E-state index contributed by atoms with van der Waals surface area (Å²) >= 11 is 0. The lowest BCUT2D eigenvalue weighted by molar-refractivity contribution is 0.320. The number of aromatic hydroxyl groups is 1. The smallest absolute Gasteiger partial charge is 0.167 e. The van der Waals surface area contributed by atoms with Crippen molar-refractivity contribution in [2.45, 2.75) is 13.3 Å². The second-order valence-electron chi connectivity index (χ2n) is 6.09. The van der Waals surface area contributed by atoms with Crippen LogP contribution in [0.25, 0.3) is 21.5 Å². The highest BCUT2D eigenvalue weighted by Gasteiger charge is 2.13. The van der Waals surface area contributed by atoms with Gasteiger partial charge in [-0.15, -0.1) is 0 Å². The van der Waals surface area contributed by atoms with Gasteiger partial charge in [0.25, 0.3) is 0 Å². The van der Waals surface area contributed by atoms with Crippen LogP contribution in [0.2, 0.25) is 0 Å². The van der Waals surface area contributed by atoms with Gasteiger partial charge in [-0.25, -0.2) is 0 Å². The Balaban J connectivity index is 1.79. The molecule has 26 heavy (non-hydrogen) atoms. The van der Waals surface area contributed by atoms with Gasteiger partial charge < -0.3 is 19.0 Å². The number of hydrogen-bond acceptors (Lipinski definition) is 5. The van der Waals surface area contributed by atoms with Crippen LogP contribution in [0.5, 0.6) is 17.2 Å². The summed E-state index contributed by atoms with van der Waals surface area (Å²) in [5.41, 5.74) is 2.10. The average Bonchev–Trinajstić information content (AvgIpc) is 3.12. The molecule has 0 atom stereocenters. The molecule has 2 aromatic carbocycles. The first-order valence-electron chi connectivity index (χ1n) is 8.45. The number of methoxy groups -OCH3 is 1. The Morgan fingerprint density at radius 3 is 2.73 bits per heavy atom. The van der Waals surface area contributed by atoms with Crippen molar-refractivity contribution in [3.05, 3.63) is 60.3 Å². The molecule has 0 fully saturated rings. The zero-order valence-corrected chi connectivity index (χ0v) is 14.7. The van der Waals surface area contributed by atoms with E-state index in [-0.39, 0.29) is 5.75 Å². The fraction of sp³-hybridized carbons (Fsp3) is 0.190. The maximum Gasteiger partial charge on any atom is 0.167 e. The van der Waals surface area contributed by atoms with Crippen molar-refractivity contribution < 1.29 is 19.0 Å². The third-order valence-corrected chi connectivity index (χ3v) is 4.49. The van der Waals surface area contributed by atoms with Crippen molar-refractivity contribution >= 4 is 21.5 Å². The maximum atomic E-state index is 10.5. The van der Waals surface area contributed by atoms with Crippen molar-refractivity contribution in [3.63, 3.8) is 0 Å². The highest BCUT2D eigenvalue weighted by atomic mass is 16.5. The standard InChI is InChI=1S/C21H19NO4/c1-3-26-19-5-4-16-14(9-22-10-17(16)21(19)23)6-13-7-15-11-25-12-18(15)20(8-13)24-2/h4-5,7-12,23H,3,6H2,1-2H3. The summed E-state index contributed by atoms with van der Waals surface area (Å²) < 4.78 is 16.2. The van der Waals surface area contributed by atoms with E-state index in [9.17, 15) is 5.11 Å². The van der Waals surface area contributed by atoms with Crippen LogP contribution in [-0.2, 0) is 6.42 Å². The molecule has 0 spiro atoms. The third kappa shape index (κ3) is 2.71. The van der Waals surface area contributed by atoms with E-state index in [0.29, 0.717) is 24.2 Å². The number of fused-ring (bicyclic) bond motifs is 2. The highest BCUT2D eigenvalue weighted by Crippen LogP contribution is 2.36. The van der Waals surface area contributed by atoms with E-state index in [1.807, 2.05) is 25.3 Å². The molecule has 0 aliphatic heterocycles. The van der Waals surface area contributed by atoms with Gasteiger partial charge in [-0.1, -0.05) is 6.07 Å². The van der Waals surface area contributed by atoms with Gasteiger partial charge in [-0.3, -0.25) is 4.98 Å². The summed E-state index contributed by atoms with van der Waals surface area (Å²) in [6, 6.07) is 7.84. The predicted octanol–water partition coefficient (Wildman–Crippen LogP) is 4.68. The van der Waals surface area contributed by atoms with Crippen LogP contribution >= 0.6 is 0 Å². The number of aromatic nitrogens is 1. The first-order chi connectivity index (χ1) is 12.7. The molecule has 0 unspecified atom stereocenters. The summed E-state index contributed by atoms with van der Waals surface area (Å²) in [5.74, 6) is 1.38. The van der Waals surface area contributed by atoms with Crippen LogP contribution in [0.15, 0.2) is 53.6 Å². The first kappa shape index (κ1) is 16.3. The van der Waals surface area contributed by atoms with E-state index in [4.69, 9.17) is 13.9 Å². The van der Waals surface area contributed by atoms with E-state index in [1.54, 1.807) is 31.9 Å². The molecule has 2 aromatic heterocycles. The largest absolute Gasteiger partial charge is 0.504 e. The van der Waals surface area contributed by atoms with Gasteiger partial charge in [0, 0.05) is 23.2 Å². The number of benzene rings is 2. The second kappa shape index (κ2) is 6.59. The zero-order chi connectivity index (χ0) is 18.1. The van der Waals surface area contributed by atoms with Crippen LogP contribution in [0, 0.1) is 0 Å². The molecule has 0 aliphatic carbocycles. The van der Waals surface area contributed by atoms with Crippen LogP contribution in [0.1, 0.15) is 18.1 Å². The number of nitrogens with zero attached hydrogens (tertiary/aromatic N) is 1. The van der Waals surface area contributed by atoms with Gasteiger partial charge >= 0.3 is 0 Å². The molecule has 0 amide bonds. The van der Waals surface area contributed by atoms with Crippen molar-refractivity contribution in [1.29, 1.82) is 0 Å². The molecule has 4 rings (SSSR count). The quantitative estimate of drug-likeness (QED) is 0.566. The molecule has 1 N–H and O–H groups in total. The van der Waals surface area contributed by atoms with Crippen molar-refractivity contribution in [1.82, 2.24) is 4.98 Å². The fourth-order valence-corrected chi connectivity index (χ4v) is 3.28. The Morgan fingerprint density at radius 1 is 1.04 bits per heavy atom. The summed E-state index contributed by atoms with van der Waals surface area (Å²) in [7, 11) is 1.65. The van der Waals surface area contributed by atoms with Gasteiger partial charge in [0.05, 0.1) is 25.4 Å². The van der Waals surface area contributed by atoms with Gasteiger partial charge in [-0.05, 0) is 48.1 Å². The third-order valence-electron chi connectivity index (χ3n) is 4.49. The lowest BCUT2D eigenvalue weighted by Crippen LogP contribution is -1.95. The Labute approximate surface area is 150 Å². The molecular formula is C21H19NO4. The molecule has 2 heterocycles. The summed E-state index contributed by atoms with van der Waals surface area (Å²) in [6.45, 7) is 2.38. The highest BCUT2D eigenvalue weighted by molar-refractivity contribution is 5.92. The molecule has 0 aliphatic rings. The Kier molecular flexibility index (Phi) is 4.13. The minimum atomic E-state index is 0.126. The molecule has 5 nitrogen and oxygen atoms in total. The summed E-state index contributed by atoms with van der Waals surface area (Å²) in [6.07, 6.45) is 7.55. The van der Waals surface area contributed by atoms with E-state index in [0.717, 1.165) is 33.0 Å². The summed E-state index contributed by atoms with van der Waals surface area (Å²) in [5, 5.41) is 14.1. The Bertz CT molecular complexity index is 1080. The zero-order valence-electron chi connectivity index (χ0n) is 14.7. The molecule has 0 saturated heterocycles. The number of phenols is 1. The van der Waals surface area contributed by atoms with Crippen molar-refractivity contribution in [2.24, 2.45) is 0 Å². The van der Waals surface area contributed by atoms with Crippen LogP contribution in [0.3, 0.4) is 0 Å². The minimum absolute atomic E-state index is 0.126. The predicted molar refractivity (Wildman–Crippen MR) is 100 cm³/mol. The van der Waals surface area contributed by atoms with E-state index < -0.39 is 0 Å². The van der Waals surface area contributed by atoms with Gasteiger partial charge in [-0.2, -0.15) is 0 Å². The molecule has 4 aromatic rings. The monoisotopic (exact) mass is 349 g/mol. The summed E-state index contributed by atoms with van der Waals surface area (Å²) in [4.78, 5) is 4.30. The number of rotatable bonds is 5. The maximum absolute atomic E-state index is 10.5. The van der Waals surface area contributed by atoms with Crippen molar-refractivity contribution in [2.75, 3.05) is 13.7 Å². The molecule has 0 saturated carbocycles. The molecule has 0 bridgehead atoms. The lowest BCUT2D eigenvalue weighted by atomic mass is 9.99. The van der Waals surface area contributed by atoms with Crippen LogP contribution < -0.4 is 9.47 Å². The average molecular weight is 349 g/mol. The number of pyridine rings is 1. The number of ether oxygens (including phenoxy) is 2.